The van der Waals surface area contributed by atoms with Gasteiger partial charge in [0.15, 0.2) is 0 Å². The number of carbonyl (C=O) groups excluding carboxylic acids is 1. The van der Waals surface area contributed by atoms with Crippen molar-refractivity contribution in [2.75, 3.05) is 6.54 Å². The van der Waals surface area contributed by atoms with Crippen LogP contribution in [0.5, 0.6) is 0 Å². The minimum atomic E-state index is -0.973. The molecule has 0 aliphatic carbocycles. The lowest BCUT2D eigenvalue weighted by molar-refractivity contribution is -0.128. The number of hydrogen-bond acceptors (Lipinski definition) is 2. The average molecular weight is 260 g/mol. The summed E-state index contributed by atoms with van der Waals surface area (Å²) in [4.78, 5) is 14.7. The van der Waals surface area contributed by atoms with E-state index < -0.39 is 6.10 Å². The molecular weight excluding hydrogens is 240 g/mol. The maximum atomic E-state index is 11.5. The molecule has 0 fully saturated rings. The minimum absolute atomic E-state index is 0.204. The highest BCUT2D eigenvalue weighted by atomic mass is 16.3. The second-order valence-corrected chi connectivity index (χ2v) is 5.53. The van der Waals surface area contributed by atoms with E-state index in [4.69, 9.17) is 0 Å². The molecule has 2 rings (SSSR count). The summed E-state index contributed by atoms with van der Waals surface area (Å²) in [6.45, 7) is 6.10. The molecule has 102 valence electrons. The van der Waals surface area contributed by atoms with Crippen molar-refractivity contribution >= 4 is 16.8 Å². The molecule has 4 heteroatoms. The van der Waals surface area contributed by atoms with Crippen LogP contribution in [0.15, 0.2) is 30.5 Å². The molecule has 0 aliphatic heterocycles. The van der Waals surface area contributed by atoms with Crippen molar-refractivity contribution in [3.8, 4) is 0 Å². The molecule has 1 amide bonds. The molecule has 4 nitrogen and oxygen atoms in total. The van der Waals surface area contributed by atoms with E-state index in [-0.39, 0.29) is 11.3 Å². The first kappa shape index (κ1) is 13.6. The van der Waals surface area contributed by atoms with Crippen molar-refractivity contribution in [3.05, 3.63) is 36.0 Å². The molecule has 0 radical (unpaired) electrons. The molecule has 0 spiro atoms. The number of H-pyrrole nitrogens is 1. The Bertz CT molecular complexity index is 585. The molecular formula is C15H20N2O2. The minimum Gasteiger partial charge on any atom is -0.384 e. The second kappa shape index (κ2) is 5.05. The number of nitrogens with one attached hydrogen (secondary N) is 2. The van der Waals surface area contributed by atoms with E-state index in [1.54, 1.807) is 0 Å². The zero-order valence-corrected chi connectivity index (χ0v) is 11.5. The lowest BCUT2D eigenvalue weighted by atomic mass is 9.84. The number of fused-ring (bicyclic) bond motifs is 1. The number of aliphatic hydroxyl groups is 1. The summed E-state index contributed by atoms with van der Waals surface area (Å²) in [6.07, 6.45) is 1.01. The highest BCUT2D eigenvalue weighted by Gasteiger charge is 2.25. The van der Waals surface area contributed by atoms with E-state index in [1.807, 2.05) is 24.4 Å². The van der Waals surface area contributed by atoms with Gasteiger partial charge in [-0.05, 0) is 18.6 Å². The van der Waals surface area contributed by atoms with E-state index in [0.717, 1.165) is 11.1 Å². The van der Waals surface area contributed by atoms with Crippen LogP contribution in [0, 0.1) is 0 Å². The second-order valence-electron chi connectivity index (χ2n) is 5.53. The quantitative estimate of drug-likeness (QED) is 0.786. The van der Waals surface area contributed by atoms with Gasteiger partial charge in [0.25, 0.3) is 0 Å². The lowest BCUT2D eigenvalue weighted by Crippen LogP contribution is -2.40. The standard InChI is InChI=1S/C15H20N2O2/c1-10(18)14(19)17-9-15(2,3)12-8-16-13-7-5-4-6-11(12)13/h4-8,10,16,18H,9H2,1-3H3,(H,17,19). The molecule has 1 aromatic carbocycles. The Hall–Kier alpha value is -1.81. The molecule has 2 aromatic rings. The van der Waals surface area contributed by atoms with Gasteiger partial charge in [-0.25, -0.2) is 0 Å². The van der Waals surface area contributed by atoms with Gasteiger partial charge >= 0.3 is 0 Å². The van der Waals surface area contributed by atoms with Gasteiger partial charge < -0.3 is 15.4 Å². The van der Waals surface area contributed by atoms with Crippen LogP contribution < -0.4 is 5.32 Å². The van der Waals surface area contributed by atoms with Crippen LogP contribution in [0.1, 0.15) is 26.3 Å². The van der Waals surface area contributed by atoms with Crippen LogP contribution in [0.25, 0.3) is 10.9 Å². The number of aromatic amines is 1. The van der Waals surface area contributed by atoms with Crippen LogP contribution in [0.4, 0.5) is 0 Å². The molecule has 0 bridgehead atoms. The normalized spacial score (nSPS) is 13.5. The smallest absolute Gasteiger partial charge is 0.248 e. The maximum Gasteiger partial charge on any atom is 0.248 e. The van der Waals surface area contributed by atoms with Crippen molar-refractivity contribution in [1.29, 1.82) is 0 Å². The molecule has 1 aromatic heterocycles. The third kappa shape index (κ3) is 2.79. The van der Waals surface area contributed by atoms with Gasteiger partial charge in [-0.1, -0.05) is 32.0 Å². The molecule has 0 aliphatic rings. The number of amides is 1. The number of para-hydroxylation sites is 1. The Morgan fingerprint density at radius 2 is 2.11 bits per heavy atom. The van der Waals surface area contributed by atoms with Crippen molar-refractivity contribution in [1.82, 2.24) is 10.3 Å². The Morgan fingerprint density at radius 1 is 1.42 bits per heavy atom. The number of aliphatic hydroxyl groups excluding tert-OH is 1. The maximum absolute atomic E-state index is 11.5. The van der Waals surface area contributed by atoms with Gasteiger partial charge in [0, 0.05) is 29.1 Å². The number of aromatic nitrogens is 1. The van der Waals surface area contributed by atoms with Crippen LogP contribution in [-0.2, 0) is 10.2 Å². The van der Waals surface area contributed by atoms with Crippen molar-refractivity contribution in [2.45, 2.75) is 32.3 Å². The number of benzene rings is 1. The monoisotopic (exact) mass is 260 g/mol. The topological polar surface area (TPSA) is 65.1 Å². The van der Waals surface area contributed by atoms with Crippen molar-refractivity contribution in [3.63, 3.8) is 0 Å². The van der Waals surface area contributed by atoms with E-state index >= 15 is 0 Å². The van der Waals surface area contributed by atoms with Crippen LogP contribution in [0.2, 0.25) is 0 Å². The summed E-state index contributed by atoms with van der Waals surface area (Å²) in [5.74, 6) is -0.340. The number of carbonyl (C=O) groups is 1. The van der Waals surface area contributed by atoms with Gasteiger partial charge in [-0.2, -0.15) is 0 Å². The van der Waals surface area contributed by atoms with Crippen LogP contribution in [-0.4, -0.2) is 28.6 Å². The fourth-order valence-corrected chi connectivity index (χ4v) is 2.18. The molecule has 1 atom stereocenters. The van der Waals surface area contributed by atoms with Gasteiger partial charge in [0.1, 0.15) is 6.10 Å². The van der Waals surface area contributed by atoms with E-state index in [1.165, 1.54) is 12.3 Å². The Labute approximate surface area is 112 Å². The molecule has 0 saturated heterocycles. The molecule has 3 N–H and O–H groups in total. The molecule has 1 unspecified atom stereocenters. The zero-order valence-electron chi connectivity index (χ0n) is 11.5. The molecule has 1 heterocycles. The number of hydrogen-bond donors (Lipinski definition) is 3. The Balaban J connectivity index is 2.21. The van der Waals surface area contributed by atoms with Crippen molar-refractivity contribution < 1.29 is 9.90 Å². The van der Waals surface area contributed by atoms with Crippen molar-refractivity contribution in [2.24, 2.45) is 0 Å². The van der Waals surface area contributed by atoms with Crippen LogP contribution in [0.3, 0.4) is 0 Å². The number of rotatable bonds is 4. The lowest BCUT2D eigenvalue weighted by Gasteiger charge is -2.25. The highest BCUT2D eigenvalue weighted by Crippen LogP contribution is 2.29. The summed E-state index contributed by atoms with van der Waals surface area (Å²) in [5, 5.41) is 13.1. The Morgan fingerprint density at radius 3 is 2.79 bits per heavy atom. The fourth-order valence-electron chi connectivity index (χ4n) is 2.18. The first-order valence-electron chi connectivity index (χ1n) is 6.44. The van der Waals surface area contributed by atoms with E-state index in [2.05, 4.69) is 30.2 Å². The Kier molecular flexibility index (Phi) is 3.62. The highest BCUT2D eigenvalue weighted by molar-refractivity contribution is 5.84. The predicted octanol–water partition coefficient (Wildman–Crippen LogP) is 1.94. The third-order valence-corrected chi connectivity index (χ3v) is 3.40. The first-order valence-corrected chi connectivity index (χ1v) is 6.44. The van der Waals surface area contributed by atoms with Gasteiger partial charge in [0.2, 0.25) is 5.91 Å². The third-order valence-electron chi connectivity index (χ3n) is 3.40. The summed E-state index contributed by atoms with van der Waals surface area (Å²) in [7, 11) is 0. The molecule has 19 heavy (non-hydrogen) atoms. The van der Waals surface area contributed by atoms with Gasteiger partial charge in [-0.15, -0.1) is 0 Å². The average Bonchev–Trinajstić information content (AvgIpc) is 2.80. The summed E-state index contributed by atoms with van der Waals surface area (Å²) >= 11 is 0. The summed E-state index contributed by atoms with van der Waals surface area (Å²) in [5.41, 5.74) is 2.05. The van der Waals surface area contributed by atoms with Gasteiger partial charge in [-0.3, -0.25) is 4.79 Å². The summed E-state index contributed by atoms with van der Waals surface area (Å²) in [6, 6.07) is 8.09. The van der Waals surface area contributed by atoms with E-state index in [0.29, 0.717) is 6.54 Å². The zero-order chi connectivity index (χ0) is 14.0. The molecule has 0 saturated carbocycles. The van der Waals surface area contributed by atoms with Gasteiger partial charge in [0.05, 0.1) is 0 Å². The predicted molar refractivity (Wildman–Crippen MR) is 76.0 cm³/mol. The van der Waals surface area contributed by atoms with E-state index in [9.17, 15) is 9.90 Å². The first-order chi connectivity index (χ1) is 8.92. The SMILES string of the molecule is CC(O)C(=O)NCC(C)(C)c1c[nH]c2ccccc12. The largest absolute Gasteiger partial charge is 0.384 e. The fraction of sp³-hybridized carbons (Fsp3) is 0.400. The summed E-state index contributed by atoms with van der Waals surface area (Å²) < 4.78 is 0. The van der Waals surface area contributed by atoms with Crippen LogP contribution >= 0.6 is 0 Å².